The van der Waals surface area contributed by atoms with Crippen LogP contribution in [0.4, 0.5) is 5.69 Å². The minimum atomic E-state index is -1.04. The molecule has 1 N–H and O–H groups in total. The Hall–Kier alpha value is -3.33. The minimum Gasteiger partial charge on any atom is -0.479 e. The third-order valence-corrected chi connectivity index (χ3v) is 4.33. The van der Waals surface area contributed by atoms with Gasteiger partial charge >= 0.3 is 5.97 Å². The largest absolute Gasteiger partial charge is 0.479 e. The third-order valence-electron chi connectivity index (χ3n) is 4.33. The summed E-state index contributed by atoms with van der Waals surface area (Å²) in [5.74, 6) is -0.633. The molecule has 2 rings (SSSR count). The van der Waals surface area contributed by atoms with E-state index in [0.717, 1.165) is 5.56 Å². The van der Waals surface area contributed by atoms with Crippen molar-refractivity contribution in [3.8, 4) is 11.8 Å². The van der Waals surface area contributed by atoms with Crippen molar-refractivity contribution in [2.45, 2.75) is 52.2 Å². The Morgan fingerprint density at radius 3 is 2.21 bits per heavy atom. The maximum Gasteiger partial charge on any atom is 0.347 e. The standard InChI is InChI=1S/C23H26N2O4/c1-15(21(26)25-20-9-7-6-8-17(20)14-24)29-22(27)16(2)28-19-12-10-18(11-13-19)23(3,4)5/h6-13,15-16H,1-5H3,(H,25,26)/t15-,16+/m0/s1. The fourth-order valence-corrected chi connectivity index (χ4v) is 2.53. The van der Waals surface area contributed by atoms with Crippen LogP contribution in [-0.2, 0) is 19.7 Å². The van der Waals surface area contributed by atoms with Crippen LogP contribution in [-0.4, -0.2) is 24.1 Å². The molecule has 2 aromatic rings. The summed E-state index contributed by atoms with van der Waals surface area (Å²) in [4.78, 5) is 24.6. The maximum absolute atomic E-state index is 12.3. The summed E-state index contributed by atoms with van der Waals surface area (Å²) >= 11 is 0. The van der Waals surface area contributed by atoms with Crippen molar-refractivity contribution in [3.63, 3.8) is 0 Å². The zero-order valence-electron chi connectivity index (χ0n) is 17.4. The molecular weight excluding hydrogens is 368 g/mol. The number of anilines is 1. The van der Waals surface area contributed by atoms with E-state index in [9.17, 15) is 9.59 Å². The van der Waals surface area contributed by atoms with Crippen molar-refractivity contribution in [3.05, 3.63) is 59.7 Å². The molecule has 0 saturated carbocycles. The highest BCUT2D eigenvalue weighted by atomic mass is 16.6. The first-order chi connectivity index (χ1) is 13.6. The summed E-state index contributed by atoms with van der Waals surface area (Å²) in [5, 5.41) is 11.7. The van der Waals surface area contributed by atoms with Crippen LogP contribution in [0.5, 0.6) is 5.75 Å². The van der Waals surface area contributed by atoms with E-state index in [4.69, 9.17) is 14.7 Å². The number of nitrogens with zero attached hydrogens (tertiary/aromatic N) is 1. The fourth-order valence-electron chi connectivity index (χ4n) is 2.53. The topological polar surface area (TPSA) is 88.4 Å². The number of nitriles is 1. The quantitative estimate of drug-likeness (QED) is 0.742. The highest BCUT2D eigenvalue weighted by Crippen LogP contribution is 2.24. The molecular formula is C23H26N2O4. The molecule has 0 aromatic heterocycles. The molecule has 0 bridgehead atoms. The summed E-state index contributed by atoms with van der Waals surface area (Å²) < 4.78 is 10.8. The molecule has 2 atom stereocenters. The van der Waals surface area contributed by atoms with Crippen LogP contribution in [0.15, 0.2) is 48.5 Å². The van der Waals surface area contributed by atoms with Crippen molar-refractivity contribution in [2.75, 3.05) is 5.32 Å². The molecule has 0 spiro atoms. The van der Waals surface area contributed by atoms with Gasteiger partial charge in [-0.05, 0) is 49.1 Å². The molecule has 0 aliphatic heterocycles. The van der Waals surface area contributed by atoms with E-state index in [2.05, 4.69) is 26.1 Å². The Morgan fingerprint density at radius 1 is 1.00 bits per heavy atom. The number of hydrogen-bond acceptors (Lipinski definition) is 5. The second-order valence-corrected chi connectivity index (χ2v) is 7.76. The third kappa shape index (κ3) is 6.08. The first-order valence-electron chi connectivity index (χ1n) is 9.39. The van der Waals surface area contributed by atoms with Gasteiger partial charge in [-0.25, -0.2) is 4.79 Å². The number of ether oxygens (including phenoxy) is 2. The summed E-state index contributed by atoms with van der Waals surface area (Å²) in [6.45, 7) is 9.38. The van der Waals surface area contributed by atoms with Crippen molar-refractivity contribution < 1.29 is 19.1 Å². The number of esters is 1. The Balaban J connectivity index is 1.93. The van der Waals surface area contributed by atoms with Gasteiger partial charge in [-0.1, -0.05) is 45.0 Å². The molecule has 2 aromatic carbocycles. The molecule has 0 unspecified atom stereocenters. The number of carbonyl (C=O) groups is 2. The molecule has 0 radical (unpaired) electrons. The predicted molar refractivity (Wildman–Crippen MR) is 111 cm³/mol. The zero-order valence-corrected chi connectivity index (χ0v) is 17.4. The molecule has 0 heterocycles. The van der Waals surface area contributed by atoms with Crippen LogP contribution in [0.1, 0.15) is 45.7 Å². The number of carbonyl (C=O) groups excluding carboxylic acids is 2. The molecule has 0 aliphatic carbocycles. The molecule has 29 heavy (non-hydrogen) atoms. The summed E-state index contributed by atoms with van der Waals surface area (Å²) in [6.07, 6.45) is -1.92. The lowest BCUT2D eigenvalue weighted by Gasteiger charge is -2.20. The average molecular weight is 394 g/mol. The van der Waals surface area contributed by atoms with Gasteiger partial charge in [-0.2, -0.15) is 5.26 Å². The Labute approximate surface area is 171 Å². The van der Waals surface area contributed by atoms with E-state index >= 15 is 0 Å². The number of para-hydroxylation sites is 1. The van der Waals surface area contributed by atoms with Crippen LogP contribution in [0.25, 0.3) is 0 Å². The first kappa shape index (κ1) is 22.0. The zero-order chi connectivity index (χ0) is 21.6. The van der Waals surface area contributed by atoms with Crippen molar-refractivity contribution in [1.82, 2.24) is 0 Å². The van der Waals surface area contributed by atoms with Gasteiger partial charge in [0.2, 0.25) is 0 Å². The van der Waals surface area contributed by atoms with Gasteiger partial charge in [0.1, 0.15) is 11.8 Å². The molecule has 0 fully saturated rings. The minimum absolute atomic E-state index is 0.0238. The number of nitrogens with one attached hydrogen (secondary N) is 1. The van der Waals surface area contributed by atoms with E-state index in [1.54, 1.807) is 43.3 Å². The van der Waals surface area contributed by atoms with Gasteiger partial charge in [0.15, 0.2) is 12.2 Å². The van der Waals surface area contributed by atoms with Crippen molar-refractivity contribution in [2.24, 2.45) is 0 Å². The molecule has 0 saturated heterocycles. The van der Waals surface area contributed by atoms with E-state index in [0.29, 0.717) is 17.0 Å². The molecule has 0 aliphatic rings. The van der Waals surface area contributed by atoms with Crippen LogP contribution in [0.3, 0.4) is 0 Å². The second-order valence-electron chi connectivity index (χ2n) is 7.76. The number of hydrogen-bond donors (Lipinski definition) is 1. The van der Waals surface area contributed by atoms with Gasteiger partial charge < -0.3 is 14.8 Å². The van der Waals surface area contributed by atoms with E-state index in [1.807, 2.05) is 18.2 Å². The lowest BCUT2D eigenvalue weighted by molar-refractivity contribution is -0.159. The number of rotatable bonds is 6. The molecule has 6 nitrogen and oxygen atoms in total. The molecule has 152 valence electrons. The summed E-state index contributed by atoms with van der Waals surface area (Å²) in [5.41, 5.74) is 1.87. The normalized spacial score (nSPS) is 13.0. The highest BCUT2D eigenvalue weighted by Gasteiger charge is 2.24. The van der Waals surface area contributed by atoms with E-state index in [-0.39, 0.29) is 5.41 Å². The highest BCUT2D eigenvalue weighted by molar-refractivity contribution is 5.96. The monoisotopic (exact) mass is 394 g/mol. The van der Waals surface area contributed by atoms with Gasteiger partial charge in [0, 0.05) is 0 Å². The summed E-state index contributed by atoms with van der Waals surface area (Å²) in [6, 6.07) is 16.1. The smallest absolute Gasteiger partial charge is 0.347 e. The van der Waals surface area contributed by atoms with Crippen LogP contribution >= 0.6 is 0 Å². The summed E-state index contributed by atoms with van der Waals surface area (Å²) in [7, 11) is 0. The van der Waals surface area contributed by atoms with Crippen LogP contribution in [0, 0.1) is 11.3 Å². The number of amides is 1. The van der Waals surface area contributed by atoms with Crippen molar-refractivity contribution in [1.29, 1.82) is 5.26 Å². The molecule has 1 amide bonds. The Morgan fingerprint density at radius 2 is 1.62 bits per heavy atom. The number of benzene rings is 2. The van der Waals surface area contributed by atoms with Crippen LogP contribution in [0.2, 0.25) is 0 Å². The van der Waals surface area contributed by atoms with Crippen LogP contribution < -0.4 is 10.1 Å². The SMILES string of the molecule is C[C@H](OC(=O)[C@@H](C)Oc1ccc(C(C)(C)C)cc1)C(=O)Nc1ccccc1C#N. The van der Waals surface area contributed by atoms with E-state index < -0.39 is 24.1 Å². The Bertz CT molecular complexity index is 908. The predicted octanol–water partition coefficient (Wildman–Crippen LogP) is 4.19. The fraction of sp³-hybridized carbons (Fsp3) is 0.348. The van der Waals surface area contributed by atoms with Crippen molar-refractivity contribution >= 4 is 17.6 Å². The lowest BCUT2D eigenvalue weighted by atomic mass is 9.87. The van der Waals surface area contributed by atoms with Gasteiger partial charge in [0.25, 0.3) is 5.91 Å². The first-order valence-corrected chi connectivity index (χ1v) is 9.39. The van der Waals surface area contributed by atoms with E-state index in [1.165, 1.54) is 6.92 Å². The van der Waals surface area contributed by atoms with Gasteiger partial charge in [0.05, 0.1) is 11.3 Å². The molecule has 6 heteroatoms. The second kappa shape index (κ2) is 9.24. The lowest BCUT2D eigenvalue weighted by Crippen LogP contribution is -2.35. The average Bonchev–Trinajstić information content (AvgIpc) is 2.67. The van der Waals surface area contributed by atoms with Gasteiger partial charge in [-0.3, -0.25) is 4.79 Å². The maximum atomic E-state index is 12.3. The van der Waals surface area contributed by atoms with Gasteiger partial charge in [-0.15, -0.1) is 0 Å². The Kier molecular flexibility index (Phi) is 7.00.